The zero-order valence-corrected chi connectivity index (χ0v) is 12.8. The van der Waals surface area contributed by atoms with Crippen LogP contribution >= 0.6 is 11.8 Å². The highest BCUT2D eigenvalue weighted by Crippen LogP contribution is 2.24. The monoisotopic (exact) mass is 271 g/mol. The number of nitrogens with zero attached hydrogens (tertiary/aromatic N) is 2. The van der Waals surface area contributed by atoms with Gasteiger partial charge in [-0.2, -0.15) is 11.8 Å². The van der Waals surface area contributed by atoms with E-state index in [9.17, 15) is 0 Å². The zero-order chi connectivity index (χ0) is 12.8. The summed E-state index contributed by atoms with van der Waals surface area (Å²) in [5, 5.41) is 4.57. The lowest BCUT2D eigenvalue weighted by molar-refractivity contribution is 0.152. The van der Waals surface area contributed by atoms with Crippen LogP contribution in [0.3, 0.4) is 0 Å². The van der Waals surface area contributed by atoms with Crippen LogP contribution in [0.2, 0.25) is 0 Å². The molecule has 2 heterocycles. The molecule has 2 unspecified atom stereocenters. The van der Waals surface area contributed by atoms with Gasteiger partial charge in [0.25, 0.3) is 0 Å². The molecule has 0 spiro atoms. The predicted octanol–water partition coefficient (Wildman–Crippen LogP) is 1.50. The fourth-order valence-corrected chi connectivity index (χ4v) is 4.02. The molecule has 2 aliphatic heterocycles. The fourth-order valence-electron chi connectivity index (χ4n) is 2.85. The Hall–Kier alpha value is 0.230. The Labute approximate surface area is 117 Å². The lowest BCUT2D eigenvalue weighted by Crippen LogP contribution is -2.45. The smallest absolute Gasteiger partial charge is 0.0184 e. The van der Waals surface area contributed by atoms with Crippen molar-refractivity contribution in [3.63, 3.8) is 0 Å². The van der Waals surface area contributed by atoms with E-state index in [2.05, 4.69) is 40.8 Å². The number of hydrogen-bond donors (Lipinski definition) is 1. The van der Waals surface area contributed by atoms with E-state index in [4.69, 9.17) is 0 Å². The van der Waals surface area contributed by atoms with Gasteiger partial charge in [-0.3, -0.25) is 0 Å². The molecule has 2 fully saturated rings. The van der Waals surface area contributed by atoms with Gasteiger partial charge < -0.3 is 15.1 Å². The van der Waals surface area contributed by atoms with Crippen molar-refractivity contribution < 1.29 is 0 Å². The van der Waals surface area contributed by atoms with E-state index < -0.39 is 0 Å². The molecule has 106 valence electrons. The summed E-state index contributed by atoms with van der Waals surface area (Å²) in [4.78, 5) is 5.04. The number of piperazine rings is 1. The molecular weight excluding hydrogens is 242 g/mol. The van der Waals surface area contributed by atoms with Crippen LogP contribution in [0, 0.1) is 0 Å². The van der Waals surface area contributed by atoms with Gasteiger partial charge in [-0.05, 0) is 45.2 Å². The maximum atomic E-state index is 3.76. The lowest BCUT2D eigenvalue weighted by atomic mass is 10.1. The minimum Gasteiger partial charge on any atom is -0.313 e. The minimum atomic E-state index is 0.760. The number of nitrogens with one attached hydrogen (secondary N) is 1. The summed E-state index contributed by atoms with van der Waals surface area (Å²) in [7, 11) is 2.22. The summed E-state index contributed by atoms with van der Waals surface area (Å²) < 4.78 is 0. The molecule has 3 nitrogen and oxygen atoms in total. The average Bonchev–Trinajstić information content (AvgIpc) is 2.39. The van der Waals surface area contributed by atoms with E-state index in [0.29, 0.717) is 0 Å². The van der Waals surface area contributed by atoms with Crippen LogP contribution in [0.4, 0.5) is 0 Å². The summed E-state index contributed by atoms with van der Waals surface area (Å²) in [6.07, 6.45) is 4.07. The molecule has 0 radical (unpaired) electrons. The molecule has 18 heavy (non-hydrogen) atoms. The Morgan fingerprint density at radius 3 is 2.72 bits per heavy atom. The molecule has 1 N–H and O–H groups in total. The Morgan fingerprint density at radius 1 is 1.22 bits per heavy atom. The second-order valence-corrected chi connectivity index (χ2v) is 7.26. The van der Waals surface area contributed by atoms with Gasteiger partial charge >= 0.3 is 0 Å². The summed E-state index contributed by atoms with van der Waals surface area (Å²) in [5.74, 6) is 1.36. The van der Waals surface area contributed by atoms with E-state index in [1.807, 2.05) is 0 Å². The third-order valence-electron chi connectivity index (χ3n) is 4.26. The Morgan fingerprint density at radius 2 is 2.00 bits per heavy atom. The third kappa shape index (κ3) is 4.72. The van der Waals surface area contributed by atoms with Crippen LogP contribution in [-0.2, 0) is 0 Å². The number of thioether (sulfide) groups is 1. The van der Waals surface area contributed by atoms with Crippen molar-refractivity contribution in [2.75, 3.05) is 52.1 Å². The molecule has 0 aromatic rings. The van der Waals surface area contributed by atoms with Crippen LogP contribution in [0.25, 0.3) is 0 Å². The van der Waals surface area contributed by atoms with Crippen LogP contribution < -0.4 is 5.32 Å². The number of likely N-dealkylation sites (N-methyl/N-ethyl adjacent to an activating group) is 1. The summed E-state index contributed by atoms with van der Waals surface area (Å²) in [5.41, 5.74) is 0. The van der Waals surface area contributed by atoms with E-state index in [1.54, 1.807) is 0 Å². The highest BCUT2D eigenvalue weighted by molar-refractivity contribution is 7.99. The first kappa shape index (κ1) is 14.6. The highest BCUT2D eigenvalue weighted by Gasteiger charge is 2.20. The van der Waals surface area contributed by atoms with Crippen molar-refractivity contribution in [2.45, 2.75) is 37.5 Å². The van der Waals surface area contributed by atoms with E-state index in [0.717, 1.165) is 11.3 Å². The number of rotatable bonds is 5. The van der Waals surface area contributed by atoms with Gasteiger partial charge in [-0.25, -0.2) is 0 Å². The Bertz CT molecular complexity index is 229. The number of hydrogen-bond acceptors (Lipinski definition) is 4. The molecule has 0 bridgehead atoms. The van der Waals surface area contributed by atoms with Gasteiger partial charge in [0.2, 0.25) is 0 Å². The minimum absolute atomic E-state index is 0.760. The maximum absolute atomic E-state index is 3.76. The lowest BCUT2D eigenvalue weighted by Gasteiger charge is -2.33. The van der Waals surface area contributed by atoms with Crippen molar-refractivity contribution in [2.24, 2.45) is 0 Å². The average molecular weight is 271 g/mol. The predicted molar refractivity (Wildman–Crippen MR) is 81.5 cm³/mol. The first-order valence-electron chi connectivity index (χ1n) is 7.51. The molecule has 0 amide bonds. The summed E-state index contributed by atoms with van der Waals surface area (Å²) in [6, 6.07) is 0.760. The molecule has 2 atom stereocenters. The van der Waals surface area contributed by atoms with Crippen molar-refractivity contribution in [1.29, 1.82) is 0 Å². The fraction of sp³-hybridized carbons (Fsp3) is 1.00. The highest BCUT2D eigenvalue weighted by atomic mass is 32.2. The van der Waals surface area contributed by atoms with E-state index in [-0.39, 0.29) is 0 Å². The third-order valence-corrected chi connectivity index (χ3v) is 5.64. The van der Waals surface area contributed by atoms with Crippen LogP contribution in [0.5, 0.6) is 0 Å². The molecule has 0 aromatic heterocycles. The van der Waals surface area contributed by atoms with Gasteiger partial charge in [0.05, 0.1) is 0 Å². The van der Waals surface area contributed by atoms with Gasteiger partial charge in [-0.15, -0.1) is 0 Å². The second-order valence-electron chi connectivity index (χ2n) is 5.78. The Kier molecular flexibility index (Phi) is 6.29. The SMILES string of the molecule is CC1SCCCC1NCCCN1CCN(C)CC1. The van der Waals surface area contributed by atoms with Crippen molar-refractivity contribution in [3.05, 3.63) is 0 Å². The standard InChI is InChI=1S/C14H29N3S/c1-13-14(5-3-12-18-13)15-6-4-7-17-10-8-16(2)9-11-17/h13-15H,3-12H2,1-2H3. The molecule has 0 aliphatic carbocycles. The first-order chi connectivity index (χ1) is 8.75. The molecule has 2 aliphatic rings. The summed E-state index contributed by atoms with van der Waals surface area (Å²) in [6.45, 7) is 9.84. The van der Waals surface area contributed by atoms with Gasteiger partial charge in [-0.1, -0.05) is 6.92 Å². The Balaban J connectivity index is 1.53. The van der Waals surface area contributed by atoms with E-state index >= 15 is 0 Å². The molecular formula is C14H29N3S. The maximum Gasteiger partial charge on any atom is 0.0184 e. The van der Waals surface area contributed by atoms with Crippen LogP contribution in [0.1, 0.15) is 26.2 Å². The van der Waals surface area contributed by atoms with Gasteiger partial charge in [0, 0.05) is 37.5 Å². The summed E-state index contributed by atoms with van der Waals surface area (Å²) >= 11 is 2.13. The molecule has 0 aromatic carbocycles. The normalized spacial score (nSPS) is 31.7. The largest absolute Gasteiger partial charge is 0.313 e. The van der Waals surface area contributed by atoms with Crippen molar-refractivity contribution in [1.82, 2.24) is 15.1 Å². The second kappa shape index (κ2) is 7.73. The van der Waals surface area contributed by atoms with Gasteiger partial charge in [0.1, 0.15) is 0 Å². The van der Waals surface area contributed by atoms with Crippen molar-refractivity contribution >= 4 is 11.8 Å². The molecule has 4 heteroatoms. The van der Waals surface area contributed by atoms with Crippen LogP contribution in [0.15, 0.2) is 0 Å². The van der Waals surface area contributed by atoms with Crippen molar-refractivity contribution in [3.8, 4) is 0 Å². The van der Waals surface area contributed by atoms with E-state index in [1.165, 1.54) is 64.3 Å². The van der Waals surface area contributed by atoms with Crippen LogP contribution in [-0.4, -0.2) is 73.2 Å². The topological polar surface area (TPSA) is 18.5 Å². The zero-order valence-electron chi connectivity index (χ0n) is 12.0. The first-order valence-corrected chi connectivity index (χ1v) is 8.56. The molecule has 0 saturated carbocycles. The molecule has 2 saturated heterocycles. The van der Waals surface area contributed by atoms with Gasteiger partial charge in [0.15, 0.2) is 0 Å². The molecule has 2 rings (SSSR count). The quantitative estimate of drug-likeness (QED) is 0.764.